The Morgan fingerprint density at radius 3 is 2.96 bits per heavy atom. The van der Waals surface area contributed by atoms with Gasteiger partial charge in [0.25, 0.3) is 0 Å². The minimum absolute atomic E-state index is 0.474. The van der Waals surface area contributed by atoms with E-state index in [-0.39, 0.29) is 0 Å². The number of aromatic nitrogens is 3. The molecular formula is C20H26N5O. The number of rotatable bonds is 9. The first-order valence-corrected chi connectivity index (χ1v) is 9.17. The van der Waals surface area contributed by atoms with Crippen molar-refractivity contribution in [3.63, 3.8) is 0 Å². The number of nitrogens with two attached hydrogens (primary N) is 1. The number of unbranched alkanes of at least 4 members (excludes halogenated alkanes) is 1. The number of ether oxygens (including phenoxy) is 1. The Kier molecular flexibility index (Phi) is 6.07. The highest BCUT2D eigenvalue weighted by molar-refractivity contribution is 5.86. The number of nitrogens with zero attached hydrogens (tertiary/aromatic N) is 3. The Hall–Kier alpha value is -2.60. The third-order valence-electron chi connectivity index (χ3n) is 4.24. The van der Waals surface area contributed by atoms with E-state index in [1.807, 2.05) is 19.2 Å². The van der Waals surface area contributed by atoms with Crippen LogP contribution in [0.4, 0.5) is 5.69 Å². The van der Waals surface area contributed by atoms with Crippen molar-refractivity contribution in [2.75, 3.05) is 25.9 Å². The van der Waals surface area contributed by atoms with E-state index < -0.39 is 0 Å². The van der Waals surface area contributed by atoms with Crippen LogP contribution in [0.5, 0.6) is 5.75 Å². The Morgan fingerprint density at radius 1 is 1.27 bits per heavy atom. The van der Waals surface area contributed by atoms with Crippen LogP contribution in [0.1, 0.15) is 31.7 Å². The van der Waals surface area contributed by atoms with Gasteiger partial charge >= 0.3 is 0 Å². The van der Waals surface area contributed by atoms with E-state index in [1.165, 1.54) is 5.56 Å². The van der Waals surface area contributed by atoms with Gasteiger partial charge < -0.3 is 15.8 Å². The molecule has 0 fully saturated rings. The number of aryl methyl sites for hydroxylation is 1. The molecule has 0 bridgehead atoms. The van der Waals surface area contributed by atoms with E-state index >= 15 is 0 Å². The molecule has 0 unspecified atom stereocenters. The molecule has 0 aliphatic rings. The topological polar surface area (TPSA) is 78.0 Å². The van der Waals surface area contributed by atoms with Crippen LogP contribution in [0.15, 0.2) is 30.3 Å². The molecule has 2 aromatic carbocycles. The Balaban J connectivity index is 1.89. The Bertz CT molecular complexity index is 859. The summed E-state index contributed by atoms with van der Waals surface area (Å²) < 4.78 is 5.85. The lowest BCUT2D eigenvalue weighted by atomic mass is 10.1. The van der Waals surface area contributed by atoms with Gasteiger partial charge in [0.2, 0.25) is 0 Å². The van der Waals surface area contributed by atoms with Gasteiger partial charge in [0.05, 0.1) is 18.0 Å². The first kappa shape index (κ1) is 18.2. The normalized spacial score (nSPS) is 11.2. The third-order valence-corrected chi connectivity index (χ3v) is 4.24. The maximum atomic E-state index is 6.05. The quantitative estimate of drug-likeness (QED) is 0.457. The first-order chi connectivity index (χ1) is 12.7. The summed E-state index contributed by atoms with van der Waals surface area (Å²) in [6, 6.07) is 13.1. The molecule has 0 amide bonds. The average molecular weight is 352 g/mol. The van der Waals surface area contributed by atoms with E-state index in [4.69, 9.17) is 10.5 Å². The molecule has 1 aromatic heterocycles. The zero-order valence-corrected chi connectivity index (χ0v) is 15.5. The second-order valence-corrected chi connectivity index (χ2v) is 6.33. The smallest absolute Gasteiger partial charge is 0.172 e. The number of anilines is 1. The van der Waals surface area contributed by atoms with Crippen molar-refractivity contribution < 1.29 is 4.74 Å². The second-order valence-electron chi connectivity index (χ2n) is 6.33. The standard InChI is InChI=1S/C20H26N5O/c1-3-4-13-26-20-17(21)10-11-18-19(20)24-25(23-18)16-9-5-7-15(14-16)8-6-12-22-2/h5,7,9,11,14,22H,3-4,6,8,12-13,21H2,1-2H3. The molecule has 3 rings (SSSR count). The highest BCUT2D eigenvalue weighted by Gasteiger charge is 2.14. The molecule has 0 aliphatic heterocycles. The molecule has 1 radical (unpaired) electrons. The summed E-state index contributed by atoms with van der Waals surface area (Å²) in [4.78, 5) is 1.65. The fourth-order valence-corrected chi connectivity index (χ4v) is 2.80. The zero-order chi connectivity index (χ0) is 18.4. The van der Waals surface area contributed by atoms with Gasteiger partial charge in [-0.3, -0.25) is 0 Å². The molecule has 137 valence electrons. The molecular weight excluding hydrogens is 326 g/mol. The molecule has 6 nitrogen and oxygen atoms in total. The largest absolute Gasteiger partial charge is 0.489 e. The molecule has 0 saturated carbocycles. The number of benzene rings is 2. The van der Waals surface area contributed by atoms with E-state index in [0.717, 1.165) is 43.4 Å². The van der Waals surface area contributed by atoms with Gasteiger partial charge in [-0.2, -0.15) is 4.80 Å². The lowest BCUT2D eigenvalue weighted by molar-refractivity contribution is 0.314. The number of hydrogen-bond donors (Lipinski definition) is 2. The van der Waals surface area contributed by atoms with Crippen LogP contribution in [-0.4, -0.2) is 35.2 Å². The summed E-state index contributed by atoms with van der Waals surface area (Å²) >= 11 is 0. The SMILES string of the molecule is CCCCOc1c(N)[c]cc2nn(-c3cccc(CCCNC)c3)nc12. The summed E-state index contributed by atoms with van der Waals surface area (Å²) in [6.07, 6.45) is 4.14. The second kappa shape index (κ2) is 8.67. The number of hydrogen-bond acceptors (Lipinski definition) is 5. The molecule has 0 saturated heterocycles. The van der Waals surface area contributed by atoms with E-state index in [9.17, 15) is 0 Å². The first-order valence-electron chi connectivity index (χ1n) is 9.17. The highest BCUT2D eigenvalue weighted by atomic mass is 16.5. The van der Waals surface area contributed by atoms with Crippen LogP contribution in [-0.2, 0) is 6.42 Å². The van der Waals surface area contributed by atoms with Crippen molar-refractivity contribution in [2.45, 2.75) is 32.6 Å². The summed E-state index contributed by atoms with van der Waals surface area (Å²) in [6.45, 7) is 3.74. The van der Waals surface area contributed by atoms with Gasteiger partial charge in [-0.1, -0.05) is 25.5 Å². The van der Waals surface area contributed by atoms with Gasteiger partial charge in [0.1, 0.15) is 5.52 Å². The van der Waals surface area contributed by atoms with Gasteiger partial charge in [-0.05, 0) is 56.6 Å². The van der Waals surface area contributed by atoms with Crippen LogP contribution in [0, 0.1) is 6.07 Å². The minimum atomic E-state index is 0.474. The van der Waals surface area contributed by atoms with E-state index in [1.54, 1.807) is 10.9 Å². The predicted octanol–water partition coefficient (Wildman–Crippen LogP) is 3.13. The molecule has 0 atom stereocenters. The monoisotopic (exact) mass is 352 g/mol. The molecule has 1 heterocycles. The summed E-state index contributed by atoms with van der Waals surface area (Å²) in [7, 11) is 1.97. The number of nitrogen functional groups attached to an aromatic ring is 1. The predicted molar refractivity (Wildman–Crippen MR) is 105 cm³/mol. The van der Waals surface area contributed by atoms with Crippen molar-refractivity contribution in [1.82, 2.24) is 20.3 Å². The van der Waals surface area contributed by atoms with Gasteiger partial charge in [0, 0.05) is 6.07 Å². The van der Waals surface area contributed by atoms with Crippen LogP contribution in [0.25, 0.3) is 16.7 Å². The van der Waals surface area contributed by atoms with Crippen molar-refractivity contribution in [1.29, 1.82) is 0 Å². The summed E-state index contributed by atoms with van der Waals surface area (Å²) in [5.74, 6) is 0.576. The van der Waals surface area contributed by atoms with Crippen LogP contribution in [0.3, 0.4) is 0 Å². The fraction of sp³-hybridized carbons (Fsp3) is 0.400. The van der Waals surface area contributed by atoms with Crippen molar-refractivity contribution in [3.8, 4) is 11.4 Å². The molecule has 6 heteroatoms. The molecule has 3 aromatic rings. The number of nitrogens with one attached hydrogen (secondary N) is 1. The molecule has 26 heavy (non-hydrogen) atoms. The van der Waals surface area contributed by atoms with E-state index in [2.05, 4.69) is 40.6 Å². The summed E-state index contributed by atoms with van der Waals surface area (Å²) in [5.41, 5.74) is 10.1. The molecule has 0 aliphatic carbocycles. The lowest BCUT2D eigenvalue weighted by Gasteiger charge is -2.07. The van der Waals surface area contributed by atoms with Crippen LogP contribution >= 0.6 is 0 Å². The lowest BCUT2D eigenvalue weighted by Crippen LogP contribution is -2.08. The average Bonchev–Trinajstić information content (AvgIpc) is 3.09. The van der Waals surface area contributed by atoms with E-state index in [0.29, 0.717) is 23.6 Å². The number of fused-ring (bicyclic) bond motifs is 1. The third kappa shape index (κ3) is 4.14. The minimum Gasteiger partial charge on any atom is -0.489 e. The zero-order valence-electron chi connectivity index (χ0n) is 15.5. The van der Waals surface area contributed by atoms with Crippen molar-refractivity contribution >= 4 is 16.7 Å². The molecule has 3 N–H and O–H groups in total. The molecule has 0 spiro atoms. The summed E-state index contributed by atoms with van der Waals surface area (Å²) in [5, 5.41) is 12.4. The van der Waals surface area contributed by atoms with Crippen LogP contribution < -0.4 is 15.8 Å². The van der Waals surface area contributed by atoms with Crippen LogP contribution in [0.2, 0.25) is 0 Å². The fourth-order valence-electron chi connectivity index (χ4n) is 2.80. The van der Waals surface area contributed by atoms with Gasteiger partial charge in [-0.15, -0.1) is 10.2 Å². The van der Waals surface area contributed by atoms with Gasteiger partial charge in [0.15, 0.2) is 11.3 Å². The maximum absolute atomic E-state index is 6.05. The van der Waals surface area contributed by atoms with Gasteiger partial charge in [-0.25, -0.2) is 0 Å². The van der Waals surface area contributed by atoms with Crippen molar-refractivity contribution in [2.24, 2.45) is 0 Å². The Labute approximate surface area is 154 Å². The van der Waals surface area contributed by atoms with Crippen molar-refractivity contribution in [3.05, 3.63) is 42.0 Å². The maximum Gasteiger partial charge on any atom is 0.172 e. The Morgan fingerprint density at radius 2 is 2.15 bits per heavy atom. The highest BCUT2D eigenvalue weighted by Crippen LogP contribution is 2.30.